The van der Waals surface area contributed by atoms with Gasteiger partial charge in [0.05, 0.1) is 15.5 Å². The molecule has 0 bridgehead atoms. The van der Waals surface area contributed by atoms with Crippen LogP contribution < -0.4 is 5.73 Å². The summed E-state index contributed by atoms with van der Waals surface area (Å²) in [4.78, 5) is 26.4. The van der Waals surface area contributed by atoms with E-state index in [0.29, 0.717) is 11.4 Å². The molecule has 0 amide bonds. The molecule has 8 nitrogen and oxygen atoms in total. The number of hydrogen-bond donors (Lipinski definition) is 1. The topological polar surface area (TPSA) is 125 Å². The number of fused-ring (bicyclic) bond motifs is 2. The Morgan fingerprint density at radius 3 is 1.80 bits per heavy atom. The van der Waals surface area contributed by atoms with Crippen LogP contribution in [0.15, 0.2) is 96.0 Å². The predicted octanol–water partition coefficient (Wildman–Crippen LogP) is 6.81. The molecule has 0 aliphatic carbocycles. The van der Waals surface area contributed by atoms with Crippen molar-refractivity contribution in [2.75, 3.05) is 5.73 Å². The molecule has 170 valence electrons. The first-order valence-corrected chi connectivity index (χ1v) is 10.7. The van der Waals surface area contributed by atoms with Crippen LogP contribution in [0.1, 0.15) is 5.56 Å². The SMILES string of the molecule is Nc1ccc2ccccc2c1-c1c(N=Cc2c([N+](=O)[O-])cccc2[N+](=O)[O-])ccc2ccccc12. The number of anilines is 1. The molecule has 0 saturated heterocycles. The number of hydrogen-bond acceptors (Lipinski definition) is 6. The molecule has 0 atom stereocenters. The lowest BCUT2D eigenvalue weighted by Gasteiger charge is -2.15. The first kappa shape index (κ1) is 21.7. The van der Waals surface area contributed by atoms with Crippen LogP contribution in [0.3, 0.4) is 0 Å². The predicted molar refractivity (Wildman–Crippen MR) is 138 cm³/mol. The van der Waals surface area contributed by atoms with E-state index < -0.39 is 21.2 Å². The van der Waals surface area contributed by atoms with E-state index in [1.165, 1.54) is 24.4 Å². The fourth-order valence-electron chi connectivity index (χ4n) is 4.32. The Morgan fingerprint density at radius 1 is 0.657 bits per heavy atom. The highest BCUT2D eigenvalue weighted by Crippen LogP contribution is 2.43. The van der Waals surface area contributed by atoms with E-state index in [4.69, 9.17) is 5.73 Å². The van der Waals surface area contributed by atoms with Crippen LogP contribution in [-0.4, -0.2) is 16.1 Å². The normalized spacial score (nSPS) is 11.3. The van der Waals surface area contributed by atoms with Crippen LogP contribution in [0, 0.1) is 20.2 Å². The van der Waals surface area contributed by atoms with Crippen molar-refractivity contribution in [3.8, 4) is 11.1 Å². The summed E-state index contributed by atoms with van der Waals surface area (Å²) in [6.45, 7) is 0. The van der Waals surface area contributed by atoms with Gasteiger partial charge in [0.25, 0.3) is 11.4 Å². The molecule has 5 rings (SSSR count). The summed E-state index contributed by atoms with van der Waals surface area (Å²) in [5.41, 5.74) is 8.08. The molecular formula is C27H18N4O4. The van der Waals surface area contributed by atoms with Gasteiger partial charge in [0.1, 0.15) is 5.56 Å². The van der Waals surface area contributed by atoms with Gasteiger partial charge in [0, 0.05) is 35.2 Å². The van der Waals surface area contributed by atoms with Gasteiger partial charge in [-0.05, 0) is 39.7 Å². The third kappa shape index (κ3) is 3.83. The second kappa shape index (κ2) is 8.68. The summed E-state index contributed by atoms with van der Waals surface area (Å²) >= 11 is 0. The fraction of sp³-hybridized carbons (Fsp3) is 0. The molecule has 5 aromatic carbocycles. The van der Waals surface area contributed by atoms with Gasteiger partial charge in [-0.25, -0.2) is 0 Å². The largest absolute Gasteiger partial charge is 0.398 e. The minimum Gasteiger partial charge on any atom is -0.398 e. The maximum absolute atomic E-state index is 11.6. The zero-order valence-corrected chi connectivity index (χ0v) is 18.3. The summed E-state index contributed by atoms with van der Waals surface area (Å²) in [6, 6.07) is 26.8. The smallest absolute Gasteiger partial charge is 0.285 e. The van der Waals surface area contributed by atoms with Crippen LogP contribution >= 0.6 is 0 Å². The van der Waals surface area contributed by atoms with Gasteiger partial charge < -0.3 is 5.73 Å². The lowest BCUT2D eigenvalue weighted by atomic mass is 9.91. The van der Waals surface area contributed by atoms with E-state index >= 15 is 0 Å². The number of benzene rings is 5. The molecule has 0 unspecified atom stereocenters. The van der Waals surface area contributed by atoms with E-state index in [1.54, 1.807) is 6.07 Å². The first-order chi connectivity index (χ1) is 17.0. The summed E-state index contributed by atoms with van der Waals surface area (Å²) < 4.78 is 0. The van der Waals surface area contributed by atoms with Crippen molar-refractivity contribution >= 4 is 50.5 Å². The Balaban J connectivity index is 1.82. The molecule has 2 N–H and O–H groups in total. The number of nitro groups is 2. The van der Waals surface area contributed by atoms with E-state index in [1.807, 2.05) is 66.7 Å². The summed E-state index contributed by atoms with van der Waals surface area (Å²) in [6.07, 6.45) is 1.19. The Kier molecular flexibility index (Phi) is 5.39. The van der Waals surface area contributed by atoms with Crippen molar-refractivity contribution in [2.24, 2.45) is 4.99 Å². The van der Waals surface area contributed by atoms with Gasteiger partial charge >= 0.3 is 0 Å². The van der Waals surface area contributed by atoms with Crippen LogP contribution in [0.4, 0.5) is 22.7 Å². The van der Waals surface area contributed by atoms with Gasteiger partial charge in [0.15, 0.2) is 0 Å². The van der Waals surface area contributed by atoms with Crippen molar-refractivity contribution in [3.05, 3.63) is 117 Å². The average Bonchev–Trinajstić information content (AvgIpc) is 2.87. The lowest BCUT2D eigenvalue weighted by molar-refractivity contribution is -0.394. The van der Waals surface area contributed by atoms with Crippen LogP contribution in [0.2, 0.25) is 0 Å². The van der Waals surface area contributed by atoms with Crippen molar-refractivity contribution in [1.82, 2.24) is 0 Å². The highest BCUT2D eigenvalue weighted by molar-refractivity contribution is 6.13. The van der Waals surface area contributed by atoms with E-state index in [9.17, 15) is 20.2 Å². The molecule has 0 heterocycles. The minimum absolute atomic E-state index is 0.174. The monoisotopic (exact) mass is 462 g/mol. The maximum atomic E-state index is 11.6. The van der Waals surface area contributed by atoms with Crippen molar-refractivity contribution in [2.45, 2.75) is 0 Å². The number of aliphatic imine (C=N–C) groups is 1. The molecule has 5 aromatic rings. The van der Waals surface area contributed by atoms with Crippen LogP contribution in [0.25, 0.3) is 32.7 Å². The van der Waals surface area contributed by atoms with Gasteiger partial charge in [-0.1, -0.05) is 60.7 Å². The molecule has 0 aromatic heterocycles. The van der Waals surface area contributed by atoms with E-state index in [-0.39, 0.29) is 5.56 Å². The molecule has 8 heteroatoms. The fourth-order valence-corrected chi connectivity index (χ4v) is 4.32. The Bertz CT molecular complexity index is 1650. The van der Waals surface area contributed by atoms with E-state index in [2.05, 4.69) is 4.99 Å². The average molecular weight is 462 g/mol. The highest BCUT2D eigenvalue weighted by Gasteiger charge is 2.23. The summed E-state index contributed by atoms with van der Waals surface area (Å²) in [7, 11) is 0. The highest BCUT2D eigenvalue weighted by atomic mass is 16.6. The molecular weight excluding hydrogens is 444 g/mol. The van der Waals surface area contributed by atoms with Crippen molar-refractivity contribution in [3.63, 3.8) is 0 Å². The first-order valence-electron chi connectivity index (χ1n) is 10.7. The quantitative estimate of drug-likeness (QED) is 0.133. The Morgan fingerprint density at radius 2 is 1.20 bits per heavy atom. The maximum Gasteiger partial charge on any atom is 0.285 e. The molecule has 0 aliphatic rings. The molecule has 0 aliphatic heterocycles. The zero-order chi connectivity index (χ0) is 24.5. The molecule has 0 fully saturated rings. The van der Waals surface area contributed by atoms with E-state index in [0.717, 1.165) is 32.7 Å². The van der Waals surface area contributed by atoms with Crippen molar-refractivity contribution in [1.29, 1.82) is 0 Å². The molecule has 0 spiro atoms. The summed E-state index contributed by atoms with van der Waals surface area (Å²) in [5, 5.41) is 26.9. The Hall–Kier alpha value is -5.11. The second-order valence-electron chi connectivity index (χ2n) is 7.91. The summed E-state index contributed by atoms with van der Waals surface area (Å²) in [5.74, 6) is 0. The number of nitrogens with zero attached hydrogens (tertiary/aromatic N) is 3. The number of nitrogen functional groups attached to an aromatic ring is 1. The minimum atomic E-state index is -0.654. The number of rotatable bonds is 5. The van der Waals surface area contributed by atoms with Crippen LogP contribution in [0.5, 0.6) is 0 Å². The second-order valence-corrected chi connectivity index (χ2v) is 7.91. The molecule has 0 saturated carbocycles. The number of nitrogens with two attached hydrogens (primary N) is 1. The third-order valence-corrected chi connectivity index (χ3v) is 5.90. The zero-order valence-electron chi connectivity index (χ0n) is 18.3. The Labute approximate surface area is 199 Å². The van der Waals surface area contributed by atoms with Gasteiger partial charge in [-0.3, -0.25) is 25.2 Å². The standard InChI is InChI=1S/C27H18N4O4/c28-22-14-12-17-6-1-3-8-19(17)26(22)27-20-9-4-2-7-18(20)13-15-23(27)29-16-21-24(30(32)33)10-5-11-25(21)31(34)35/h1-16H,28H2. The van der Waals surface area contributed by atoms with Gasteiger partial charge in [-0.2, -0.15) is 0 Å². The van der Waals surface area contributed by atoms with Crippen molar-refractivity contribution < 1.29 is 9.85 Å². The van der Waals surface area contributed by atoms with Gasteiger partial charge in [0.2, 0.25) is 0 Å². The number of nitro benzene ring substituents is 2. The van der Waals surface area contributed by atoms with Crippen LogP contribution in [-0.2, 0) is 0 Å². The lowest BCUT2D eigenvalue weighted by Crippen LogP contribution is -2.00. The van der Waals surface area contributed by atoms with Gasteiger partial charge in [-0.15, -0.1) is 0 Å². The third-order valence-electron chi connectivity index (χ3n) is 5.90. The molecule has 0 radical (unpaired) electrons. The molecule has 35 heavy (non-hydrogen) atoms.